The van der Waals surface area contributed by atoms with Crippen molar-refractivity contribution in [2.45, 2.75) is 19.8 Å². The lowest BCUT2D eigenvalue weighted by atomic mass is 10.0. The molecule has 0 radical (unpaired) electrons. The van der Waals surface area contributed by atoms with Crippen LogP contribution in [0.3, 0.4) is 0 Å². The summed E-state index contributed by atoms with van der Waals surface area (Å²) in [5.41, 5.74) is 8.45. The minimum Gasteiger partial charge on any atom is -0.399 e. The molecule has 0 aliphatic heterocycles. The van der Waals surface area contributed by atoms with Crippen LogP contribution in [0.25, 0.3) is 0 Å². The Morgan fingerprint density at radius 2 is 1.84 bits per heavy atom. The third-order valence-corrected chi connectivity index (χ3v) is 3.10. The van der Waals surface area contributed by atoms with Crippen LogP contribution in [0.1, 0.15) is 27.9 Å². The van der Waals surface area contributed by atoms with Crippen molar-refractivity contribution in [3.8, 4) is 0 Å². The Kier molecular flexibility index (Phi) is 3.95. The highest BCUT2D eigenvalue weighted by molar-refractivity contribution is 5.96. The maximum absolute atomic E-state index is 13.1. The molecule has 0 amide bonds. The lowest BCUT2D eigenvalue weighted by molar-refractivity contribution is 0.0982. The number of anilines is 1. The van der Waals surface area contributed by atoms with Gasteiger partial charge in [0.2, 0.25) is 0 Å². The maximum Gasteiger partial charge on any atom is 0.163 e. The molecule has 2 aromatic rings. The number of carbonyl (C=O) groups excluding carboxylic acids is 1. The van der Waals surface area contributed by atoms with Crippen molar-refractivity contribution >= 4 is 11.5 Å². The van der Waals surface area contributed by atoms with E-state index >= 15 is 0 Å². The summed E-state index contributed by atoms with van der Waals surface area (Å²) in [5.74, 6) is -0.255. The van der Waals surface area contributed by atoms with Gasteiger partial charge < -0.3 is 5.73 Å². The standard InChI is InChI=1S/C16H16FNO/c1-11-10-13(5-8-15(11)17)16(19)9-4-12-2-6-14(18)7-3-12/h2-3,5-8,10H,4,9,18H2,1H3. The number of halogens is 1. The minimum absolute atomic E-state index is 0.0277. The fourth-order valence-electron chi connectivity index (χ4n) is 1.90. The topological polar surface area (TPSA) is 43.1 Å². The molecule has 0 saturated heterocycles. The smallest absolute Gasteiger partial charge is 0.163 e. The number of hydrogen-bond donors (Lipinski definition) is 1. The number of rotatable bonds is 4. The highest BCUT2D eigenvalue weighted by Crippen LogP contribution is 2.13. The van der Waals surface area contributed by atoms with Crippen molar-refractivity contribution in [3.63, 3.8) is 0 Å². The minimum atomic E-state index is -0.282. The van der Waals surface area contributed by atoms with E-state index in [1.165, 1.54) is 12.1 Å². The number of Topliss-reactive ketones (excluding diaryl/α,β-unsaturated/α-hetero) is 1. The van der Waals surface area contributed by atoms with Crippen LogP contribution in [-0.4, -0.2) is 5.78 Å². The van der Waals surface area contributed by atoms with Crippen molar-refractivity contribution in [3.05, 3.63) is 65.0 Å². The van der Waals surface area contributed by atoms with E-state index in [4.69, 9.17) is 5.73 Å². The molecule has 0 saturated carbocycles. The van der Waals surface area contributed by atoms with Crippen molar-refractivity contribution < 1.29 is 9.18 Å². The quantitative estimate of drug-likeness (QED) is 0.672. The maximum atomic E-state index is 13.1. The number of aryl methyl sites for hydroxylation is 2. The Bertz CT molecular complexity index is 590. The first-order chi connectivity index (χ1) is 9.06. The van der Waals surface area contributed by atoms with E-state index in [1.807, 2.05) is 24.3 Å². The lowest BCUT2D eigenvalue weighted by Crippen LogP contribution is -2.02. The zero-order valence-electron chi connectivity index (χ0n) is 10.8. The molecular weight excluding hydrogens is 241 g/mol. The summed E-state index contributed by atoms with van der Waals surface area (Å²) in [6, 6.07) is 11.9. The number of nitrogens with two attached hydrogens (primary N) is 1. The second kappa shape index (κ2) is 5.65. The van der Waals surface area contributed by atoms with Gasteiger partial charge >= 0.3 is 0 Å². The number of nitrogen functional groups attached to an aromatic ring is 1. The highest BCUT2D eigenvalue weighted by Gasteiger charge is 2.08. The molecule has 2 N–H and O–H groups in total. The van der Waals surface area contributed by atoms with Crippen molar-refractivity contribution in [2.75, 3.05) is 5.73 Å². The highest BCUT2D eigenvalue weighted by atomic mass is 19.1. The molecular formula is C16H16FNO. The zero-order chi connectivity index (χ0) is 13.8. The van der Waals surface area contributed by atoms with Crippen LogP contribution in [0.5, 0.6) is 0 Å². The van der Waals surface area contributed by atoms with E-state index in [9.17, 15) is 9.18 Å². The van der Waals surface area contributed by atoms with Crippen LogP contribution in [0.15, 0.2) is 42.5 Å². The summed E-state index contributed by atoms with van der Waals surface area (Å²) < 4.78 is 13.1. The van der Waals surface area contributed by atoms with Crippen LogP contribution >= 0.6 is 0 Å². The average molecular weight is 257 g/mol. The van der Waals surface area contributed by atoms with Crippen LogP contribution < -0.4 is 5.73 Å². The molecule has 0 aromatic heterocycles. The van der Waals surface area contributed by atoms with Crippen molar-refractivity contribution in [2.24, 2.45) is 0 Å². The number of ketones is 1. The summed E-state index contributed by atoms with van der Waals surface area (Å²) in [6.07, 6.45) is 1.07. The summed E-state index contributed by atoms with van der Waals surface area (Å²) in [4.78, 5) is 12.0. The van der Waals surface area contributed by atoms with Gasteiger partial charge in [0.25, 0.3) is 0 Å². The summed E-state index contributed by atoms with van der Waals surface area (Å²) in [5, 5.41) is 0. The zero-order valence-corrected chi connectivity index (χ0v) is 10.8. The van der Waals surface area contributed by atoms with Gasteiger partial charge in [-0.3, -0.25) is 4.79 Å². The SMILES string of the molecule is Cc1cc(C(=O)CCc2ccc(N)cc2)ccc1F. The summed E-state index contributed by atoms with van der Waals surface area (Å²) in [6.45, 7) is 1.66. The Balaban J connectivity index is 2.01. The van der Waals surface area contributed by atoms with Gasteiger partial charge in [0.15, 0.2) is 5.78 Å². The van der Waals surface area contributed by atoms with Gasteiger partial charge in [-0.1, -0.05) is 12.1 Å². The molecule has 98 valence electrons. The predicted molar refractivity (Wildman–Crippen MR) is 74.6 cm³/mol. The van der Waals surface area contributed by atoms with Gasteiger partial charge in [-0.15, -0.1) is 0 Å². The second-order valence-corrected chi connectivity index (χ2v) is 4.63. The van der Waals surface area contributed by atoms with Gasteiger partial charge in [0.1, 0.15) is 5.82 Å². The lowest BCUT2D eigenvalue weighted by Gasteiger charge is -2.04. The monoisotopic (exact) mass is 257 g/mol. The van der Waals surface area contributed by atoms with Gasteiger partial charge in [0, 0.05) is 17.7 Å². The second-order valence-electron chi connectivity index (χ2n) is 4.63. The van der Waals surface area contributed by atoms with E-state index in [1.54, 1.807) is 13.0 Å². The molecule has 0 unspecified atom stereocenters. The van der Waals surface area contributed by atoms with Crippen LogP contribution in [0.2, 0.25) is 0 Å². The molecule has 0 aliphatic carbocycles. The first-order valence-corrected chi connectivity index (χ1v) is 6.20. The van der Waals surface area contributed by atoms with E-state index < -0.39 is 0 Å². The molecule has 3 heteroatoms. The molecule has 19 heavy (non-hydrogen) atoms. The molecule has 0 fully saturated rings. The molecule has 2 aromatic carbocycles. The van der Waals surface area contributed by atoms with Gasteiger partial charge in [-0.2, -0.15) is 0 Å². The third-order valence-electron chi connectivity index (χ3n) is 3.10. The first-order valence-electron chi connectivity index (χ1n) is 6.20. The van der Waals surface area contributed by atoms with Crippen molar-refractivity contribution in [1.29, 1.82) is 0 Å². The Labute approximate surface area is 112 Å². The van der Waals surface area contributed by atoms with E-state index in [-0.39, 0.29) is 11.6 Å². The fourth-order valence-corrected chi connectivity index (χ4v) is 1.90. The van der Waals surface area contributed by atoms with E-state index in [0.717, 1.165) is 5.56 Å². The molecule has 0 spiro atoms. The number of benzene rings is 2. The normalized spacial score (nSPS) is 10.4. The van der Waals surface area contributed by atoms with Crippen molar-refractivity contribution in [1.82, 2.24) is 0 Å². The molecule has 0 aliphatic rings. The van der Waals surface area contributed by atoms with Gasteiger partial charge in [0.05, 0.1) is 0 Å². The molecule has 0 heterocycles. The van der Waals surface area contributed by atoms with Crippen LogP contribution in [0, 0.1) is 12.7 Å². The fraction of sp³-hybridized carbons (Fsp3) is 0.188. The average Bonchev–Trinajstić information content (AvgIpc) is 2.41. The Hall–Kier alpha value is -2.16. The predicted octanol–water partition coefficient (Wildman–Crippen LogP) is 3.53. The molecule has 0 atom stereocenters. The van der Waals surface area contributed by atoms with E-state index in [0.29, 0.717) is 29.7 Å². The van der Waals surface area contributed by atoms with Crippen LogP contribution in [-0.2, 0) is 6.42 Å². The summed E-state index contributed by atoms with van der Waals surface area (Å²) >= 11 is 0. The first kappa shape index (κ1) is 13.3. The molecule has 2 rings (SSSR count). The van der Waals surface area contributed by atoms with E-state index in [2.05, 4.69) is 0 Å². The Morgan fingerprint density at radius 3 is 2.47 bits per heavy atom. The number of hydrogen-bond acceptors (Lipinski definition) is 2. The molecule has 2 nitrogen and oxygen atoms in total. The number of carbonyl (C=O) groups is 1. The summed E-state index contributed by atoms with van der Waals surface area (Å²) in [7, 11) is 0. The van der Waals surface area contributed by atoms with Gasteiger partial charge in [-0.05, 0) is 54.8 Å². The third kappa shape index (κ3) is 3.41. The largest absolute Gasteiger partial charge is 0.399 e. The molecule has 0 bridgehead atoms. The Morgan fingerprint density at radius 1 is 1.16 bits per heavy atom. The van der Waals surface area contributed by atoms with Gasteiger partial charge in [-0.25, -0.2) is 4.39 Å². The van der Waals surface area contributed by atoms with Crippen LogP contribution in [0.4, 0.5) is 10.1 Å².